The number of nitrogens with one attached hydrogen (secondary N) is 1. The first-order chi connectivity index (χ1) is 17.0. The van der Waals surface area contributed by atoms with Crippen molar-refractivity contribution < 1.29 is 29.0 Å². The van der Waals surface area contributed by atoms with E-state index >= 15 is 0 Å². The molecule has 2 aliphatic carbocycles. The third-order valence-electron chi connectivity index (χ3n) is 7.38. The number of nitrogens with zero attached hydrogens (tertiary/aromatic N) is 1. The molecule has 8 heteroatoms. The summed E-state index contributed by atoms with van der Waals surface area (Å²) in [7, 11) is 0. The van der Waals surface area contributed by atoms with Crippen LogP contribution in [-0.4, -0.2) is 66.4 Å². The predicted molar refractivity (Wildman–Crippen MR) is 128 cm³/mol. The molecule has 2 N–H and O–H groups in total. The molecule has 0 aromatic heterocycles. The number of carboxylic acid groups (broad SMARTS) is 1. The van der Waals surface area contributed by atoms with Crippen LogP contribution < -0.4 is 5.32 Å². The van der Waals surface area contributed by atoms with E-state index in [1.165, 1.54) is 11.1 Å². The van der Waals surface area contributed by atoms with Gasteiger partial charge in [-0.3, -0.25) is 4.79 Å². The van der Waals surface area contributed by atoms with Crippen LogP contribution in [0.1, 0.15) is 42.7 Å². The molecule has 8 nitrogen and oxygen atoms in total. The van der Waals surface area contributed by atoms with Crippen molar-refractivity contribution in [2.45, 2.75) is 43.7 Å². The van der Waals surface area contributed by atoms with Gasteiger partial charge in [0.25, 0.3) is 0 Å². The second-order valence-corrected chi connectivity index (χ2v) is 9.45. The minimum atomic E-state index is -1.07. The van der Waals surface area contributed by atoms with Gasteiger partial charge < -0.3 is 24.8 Å². The zero-order chi connectivity index (χ0) is 24.4. The van der Waals surface area contributed by atoms with Crippen molar-refractivity contribution in [2.75, 3.05) is 26.3 Å². The molecule has 0 spiro atoms. The van der Waals surface area contributed by atoms with Crippen LogP contribution in [0.3, 0.4) is 0 Å². The lowest BCUT2D eigenvalue weighted by molar-refractivity contribution is -0.161. The molecule has 3 aliphatic rings. The third kappa shape index (κ3) is 4.75. The summed E-state index contributed by atoms with van der Waals surface area (Å²) in [4.78, 5) is 38.9. The van der Waals surface area contributed by atoms with Gasteiger partial charge in [0.2, 0.25) is 5.91 Å². The van der Waals surface area contributed by atoms with E-state index in [1.807, 2.05) is 24.3 Å². The van der Waals surface area contributed by atoms with Gasteiger partial charge >= 0.3 is 12.1 Å². The molecule has 35 heavy (non-hydrogen) atoms. The van der Waals surface area contributed by atoms with Crippen molar-refractivity contribution in [3.63, 3.8) is 0 Å². The van der Waals surface area contributed by atoms with Gasteiger partial charge in [0.15, 0.2) is 6.10 Å². The molecule has 3 atom stereocenters. The van der Waals surface area contributed by atoms with Crippen molar-refractivity contribution >= 4 is 18.0 Å². The first-order valence-electron chi connectivity index (χ1n) is 12.3. The van der Waals surface area contributed by atoms with Gasteiger partial charge in [-0.05, 0) is 35.1 Å². The van der Waals surface area contributed by atoms with E-state index in [9.17, 15) is 19.5 Å². The lowest BCUT2D eigenvalue weighted by Gasteiger charge is -2.37. The summed E-state index contributed by atoms with van der Waals surface area (Å²) in [6, 6.07) is 16.0. The van der Waals surface area contributed by atoms with E-state index in [-0.39, 0.29) is 37.6 Å². The molecule has 1 heterocycles. The van der Waals surface area contributed by atoms with Crippen LogP contribution in [0.2, 0.25) is 0 Å². The molecular formula is C27H30N2O6. The quantitative estimate of drug-likeness (QED) is 0.683. The third-order valence-corrected chi connectivity index (χ3v) is 7.38. The number of morpholine rings is 1. The van der Waals surface area contributed by atoms with E-state index in [1.54, 1.807) is 4.90 Å². The number of ether oxygens (including phenoxy) is 2. The summed E-state index contributed by atoms with van der Waals surface area (Å²) in [5, 5.41) is 12.2. The van der Waals surface area contributed by atoms with E-state index in [0.29, 0.717) is 19.4 Å². The van der Waals surface area contributed by atoms with Crippen LogP contribution in [0, 0.1) is 5.92 Å². The smallest absolute Gasteiger partial charge is 0.407 e. The first-order valence-corrected chi connectivity index (χ1v) is 12.3. The Balaban J connectivity index is 1.22. The first kappa shape index (κ1) is 23.4. The SMILES string of the molecule is O=C(NC1CCCCC1C(=O)N1CCOC(C(=O)O)C1)OCC1c2ccccc2-c2ccccc21. The Labute approximate surface area is 204 Å². The standard InChI is InChI=1S/C27H30N2O6/c30-25(29-13-14-34-24(15-29)26(31)32)21-11-5-6-12-23(21)28-27(33)35-16-22-19-9-3-1-7-17(19)18-8-2-4-10-20(18)22/h1-4,7-10,21-24H,5-6,11-16H2,(H,28,33)(H,31,32). The van der Waals surface area contributed by atoms with Gasteiger partial charge in [-0.15, -0.1) is 0 Å². The highest BCUT2D eigenvalue weighted by atomic mass is 16.5. The highest BCUT2D eigenvalue weighted by Gasteiger charge is 2.38. The lowest BCUT2D eigenvalue weighted by atomic mass is 9.83. The van der Waals surface area contributed by atoms with Crippen LogP contribution in [0.4, 0.5) is 4.79 Å². The Morgan fingerprint density at radius 2 is 1.66 bits per heavy atom. The van der Waals surface area contributed by atoms with Crippen LogP contribution >= 0.6 is 0 Å². The molecule has 184 valence electrons. The number of hydrogen-bond donors (Lipinski definition) is 2. The van der Waals surface area contributed by atoms with E-state index in [2.05, 4.69) is 29.6 Å². The second kappa shape index (κ2) is 10.1. The van der Waals surface area contributed by atoms with E-state index < -0.39 is 24.1 Å². The Morgan fingerprint density at radius 3 is 2.34 bits per heavy atom. The molecule has 5 rings (SSSR count). The molecule has 2 aromatic carbocycles. The summed E-state index contributed by atoms with van der Waals surface area (Å²) in [6.07, 6.45) is 1.62. The predicted octanol–water partition coefficient (Wildman–Crippen LogP) is 3.40. The van der Waals surface area contributed by atoms with Crippen LogP contribution in [0.25, 0.3) is 11.1 Å². The lowest BCUT2D eigenvalue weighted by Crippen LogP contribution is -2.54. The molecule has 1 saturated carbocycles. The Hall–Kier alpha value is -3.39. The van der Waals surface area contributed by atoms with E-state index in [0.717, 1.165) is 24.0 Å². The van der Waals surface area contributed by atoms with Crippen molar-refractivity contribution in [1.29, 1.82) is 0 Å². The fraction of sp³-hybridized carbons (Fsp3) is 0.444. The molecule has 1 aliphatic heterocycles. The van der Waals surface area contributed by atoms with Gasteiger partial charge in [-0.25, -0.2) is 9.59 Å². The maximum absolute atomic E-state index is 13.2. The van der Waals surface area contributed by atoms with Crippen molar-refractivity contribution in [3.05, 3.63) is 59.7 Å². The van der Waals surface area contributed by atoms with E-state index in [4.69, 9.17) is 9.47 Å². The summed E-state index contributed by atoms with van der Waals surface area (Å²) in [5.74, 6) is -1.61. The number of alkyl carbamates (subject to hydrolysis) is 1. The molecule has 2 fully saturated rings. The highest BCUT2D eigenvalue weighted by Crippen LogP contribution is 2.44. The summed E-state index contributed by atoms with van der Waals surface area (Å²) in [6.45, 7) is 0.800. The monoisotopic (exact) mass is 478 g/mol. The van der Waals surface area contributed by atoms with Gasteiger partial charge in [0.1, 0.15) is 6.61 Å². The Bertz CT molecular complexity index is 1070. The minimum Gasteiger partial charge on any atom is -0.479 e. The number of carboxylic acids is 1. The van der Waals surface area contributed by atoms with Crippen LogP contribution in [0.5, 0.6) is 0 Å². The molecular weight excluding hydrogens is 448 g/mol. The number of carbonyl (C=O) groups is 3. The maximum atomic E-state index is 13.2. The van der Waals surface area contributed by atoms with Gasteiger partial charge in [-0.1, -0.05) is 61.4 Å². The number of amides is 2. The van der Waals surface area contributed by atoms with Crippen molar-refractivity contribution in [3.8, 4) is 11.1 Å². The topological polar surface area (TPSA) is 105 Å². The Morgan fingerprint density at radius 1 is 1.00 bits per heavy atom. The minimum absolute atomic E-state index is 0.0294. The normalized spacial score (nSPS) is 23.8. The average Bonchev–Trinajstić information content (AvgIpc) is 3.21. The van der Waals surface area contributed by atoms with Gasteiger partial charge in [0, 0.05) is 18.5 Å². The maximum Gasteiger partial charge on any atom is 0.407 e. The van der Waals surface area contributed by atoms with Gasteiger partial charge in [0.05, 0.1) is 19.1 Å². The molecule has 1 saturated heterocycles. The van der Waals surface area contributed by atoms with Crippen LogP contribution in [0.15, 0.2) is 48.5 Å². The second-order valence-electron chi connectivity index (χ2n) is 9.45. The number of benzene rings is 2. The molecule has 2 aromatic rings. The van der Waals surface area contributed by atoms with Crippen molar-refractivity contribution in [2.24, 2.45) is 5.92 Å². The summed E-state index contributed by atoms with van der Waals surface area (Å²) in [5.41, 5.74) is 4.63. The summed E-state index contributed by atoms with van der Waals surface area (Å²) < 4.78 is 10.9. The van der Waals surface area contributed by atoms with Crippen molar-refractivity contribution in [1.82, 2.24) is 10.2 Å². The number of aliphatic carboxylic acids is 1. The van der Waals surface area contributed by atoms with Crippen LogP contribution in [-0.2, 0) is 19.1 Å². The number of carbonyl (C=O) groups excluding carboxylic acids is 2. The molecule has 2 amide bonds. The molecule has 0 radical (unpaired) electrons. The zero-order valence-electron chi connectivity index (χ0n) is 19.5. The number of rotatable bonds is 5. The fourth-order valence-corrected chi connectivity index (χ4v) is 5.62. The largest absolute Gasteiger partial charge is 0.479 e. The number of fused-ring (bicyclic) bond motifs is 3. The fourth-order valence-electron chi connectivity index (χ4n) is 5.62. The highest BCUT2D eigenvalue weighted by molar-refractivity contribution is 5.82. The molecule has 3 unspecified atom stereocenters. The average molecular weight is 479 g/mol. The molecule has 0 bridgehead atoms. The summed E-state index contributed by atoms with van der Waals surface area (Å²) >= 11 is 0. The number of hydrogen-bond acceptors (Lipinski definition) is 5. The van der Waals surface area contributed by atoms with Gasteiger partial charge in [-0.2, -0.15) is 0 Å². The Kier molecular flexibility index (Phi) is 6.72. The zero-order valence-corrected chi connectivity index (χ0v) is 19.5.